The molecule has 2 N–H and O–H groups in total. The van der Waals surface area contributed by atoms with E-state index in [0.717, 1.165) is 0 Å². The highest BCUT2D eigenvalue weighted by Gasteiger charge is 2.47. The average Bonchev–Trinajstić information content (AvgIpc) is 2.35. The van der Waals surface area contributed by atoms with Crippen molar-refractivity contribution in [1.29, 1.82) is 0 Å². The molecule has 0 aromatic heterocycles. The van der Waals surface area contributed by atoms with E-state index in [-0.39, 0.29) is 6.61 Å². The van der Waals surface area contributed by atoms with Gasteiger partial charge in [0.25, 0.3) is 0 Å². The predicted octanol–water partition coefficient (Wildman–Crippen LogP) is -0.472. The first kappa shape index (κ1) is 17.4. The van der Waals surface area contributed by atoms with E-state index in [4.69, 9.17) is 24.7 Å². The van der Waals surface area contributed by atoms with Gasteiger partial charge in [-0.3, -0.25) is 14.4 Å². The molecule has 1 saturated heterocycles. The summed E-state index contributed by atoms with van der Waals surface area (Å²) in [6.07, 6.45) is -3.01. The largest absolute Gasteiger partial charge is 0.463 e. The lowest BCUT2D eigenvalue weighted by atomic mass is 9.93. The maximum atomic E-state index is 11.2. The Morgan fingerprint density at radius 2 is 1.52 bits per heavy atom. The Kier molecular flexibility index (Phi) is 6.10. The average molecular weight is 303 g/mol. The van der Waals surface area contributed by atoms with Crippen LogP contribution in [0.3, 0.4) is 0 Å². The van der Waals surface area contributed by atoms with Crippen LogP contribution < -0.4 is 5.73 Å². The molecule has 1 aliphatic rings. The van der Waals surface area contributed by atoms with Crippen molar-refractivity contribution in [3.05, 3.63) is 0 Å². The van der Waals surface area contributed by atoms with Crippen molar-refractivity contribution in [3.63, 3.8) is 0 Å². The molecule has 8 heteroatoms. The van der Waals surface area contributed by atoms with E-state index in [2.05, 4.69) is 0 Å². The number of carbonyl (C=O) groups excluding carboxylic acids is 3. The number of esters is 3. The molecule has 1 aliphatic heterocycles. The van der Waals surface area contributed by atoms with Crippen LogP contribution in [0.4, 0.5) is 0 Å². The Bertz CT molecular complexity index is 411. The molecule has 21 heavy (non-hydrogen) atoms. The van der Waals surface area contributed by atoms with Gasteiger partial charge in [0, 0.05) is 20.8 Å². The third-order valence-electron chi connectivity index (χ3n) is 3.06. The van der Waals surface area contributed by atoms with Crippen molar-refractivity contribution in [1.82, 2.24) is 0 Å². The summed E-state index contributed by atoms with van der Waals surface area (Å²) in [6.45, 7) is 5.28. The summed E-state index contributed by atoms with van der Waals surface area (Å²) in [7, 11) is 0. The fraction of sp³-hybridized carbons (Fsp3) is 0.769. The number of nitrogens with two attached hydrogens (primary N) is 1. The number of carbonyl (C=O) groups is 3. The van der Waals surface area contributed by atoms with Gasteiger partial charge in [0.1, 0.15) is 12.7 Å². The molecule has 5 atom stereocenters. The van der Waals surface area contributed by atoms with Gasteiger partial charge >= 0.3 is 17.9 Å². The molecule has 0 saturated carbocycles. The molecule has 0 spiro atoms. The molecule has 120 valence electrons. The van der Waals surface area contributed by atoms with E-state index in [1.54, 1.807) is 6.92 Å². The highest BCUT2D eigenvalue weighted by Crippen LogP contribution is 2.25. The zero-order chi connectivity index (χ0) is 16.2. The van der Waals surface area contributed by atoms with Gasteiger partial charge in [-0.05, 0) is 6.92 Å². The second kappa shape index (κ2) is 7.37. The first-order valence-corrected chi connectivity index (χ1v) is 6.61. The number of ether oxygens (including phenoxy) is 4. The third kappa shape index (κ3) is 4.98. The second-order valence-corrected chi connectivity index (χ2v) is 4.91. The maximum Gasteiger partial charge on any atom is 0.303 e. The summed E-state index contributed by atoms with van der Waals surface area (Å²) in [5, 5.41) is 0. The third-order valence-corrected chi connectivity index (χ3v) is 3.06. The topological polar surface area (TPSA) is 114 Å². The SMILES string of the molecule is CC(=O)OCC1O[C@@H](C)C(N)[C@@H](OC(C)=O)[C@@H]1OC(C)=O. The molecule has 0 aromatic rings. The monoisotopic (exact) mass is 303 g/mol. The Hall–Kier alpha value is -1.67. The number of hydrogen-bond acceptors (Lipinski definition) is 8. The fourth-order valence-electron chi connectivity index (χ4n) is 2.15. The van der Waals surface area contributed by atoms with Crippen LogP contribution in [0, 0.1) is 0 Å². The van der Waals surface area contributed by atoms with Gasteiger partial charge in [0.05, 0.1) is 12.1 Å². The van der Waals surface area contributed by atoms with Crippen LogP contribution in [0.1, 0.15) is 27.7 Å². The summed E-state index contributed by atoms with van der Waals surface area (Å²) in [5.74, 6) is -1.62. The van der Waals surface area contributed by atoms with Gasteiger partial charge < -0.3 is 24.7 Å². The lowest BCUT2D eigenvalue weighted by Crippen LogP contribution is -2.63. The molecule has 0 amide bonds. The normalized spacial score (nSPS) is 32.1. The lowest BCUT2D eigenvalue weighted by molar-refractivity contribution is -0.217. The minimum absolute atomic E-state index is 0.123. The summed E-state index contributed by atoms with van der Waals surface area (Å²) >= 11 is 0. The van der Waals surface area contributed by atoms with Crippen LogP contribution in [0.2, 0.25) is 0 Å². The molecular formula is C13H21NO7. The molecule has 0 aromatic carbocycles. The maximum absolute atomic E-state index is 11.2. The summed E-state index contributed by atoms with van der Waals surface area (Å²) in [6, 6.07) is -0.660. The Balaban J connectivity index is 2.94. The van der Waals surface area contributed by atoms with Crippen molar-refractivity contribution >= 4 is 17.9 Å². The van der Waals surface area contributed by atoms with E-state index in [1.165, 1.54) is 20.8 Å². The van der Waals surface area contributed by atoms with Gasteiger partial charge in [-0.1, -0.05) is 0 Å². The molecule has 2 unspecified atom stereocenters. The summed E-state index contributed by atoms with van der Waals surface area (Å²) < 4.78 is 20.8. The van der Waals surface area contributed by atoms with E-state index >= 15 is 0 Å². The predicted molar refractivity (Wildman–Crippen MR) is 70.1 cm³/mol. The number of hydrogen-bond donors (Lipinski definition) is 1. The van der Waals surface area contributed by atoms with Crippen LogP contribution in [-0.4, -0.2) is 55.0 Å². The first-order chi connectivity index (χ1) is 9.72. The first-order valence-electron chi connectivity index (χ1n) is 6.61. The quantitative estimate of drug-likeness (QED) is 0.547. The van der Waals surface area contributed by atoms with E-state index in [0.29, 0.717) is 0 Å². The number of rotatable bonds is 4. The Morgan fingerprint density at radius 3 is 2.00 bits per heavy atom. The highest BCUT2D eigenvalue weighted by molar-refractivity contribution is 5.67. The van der Waals surface area contributed by atoms with Crippen LogP contribution in [0.5, 0.6) is 0 Å². The zero-order valence-electron chi connectivity index (χ0n) is 12.5. The zero-order valence-corrected chi connectivity index (χ0v) is 12.5. The molecule has 1 fully saturated rings. The highest BCUT2D eigenvalue weighted by atomic mass is 16.6. The second-order valence-electron chi connectivity index (χ2n) is 4.91. The Morgan fingerprint density at radius 1 is 1.00 bits per heavy atom. The molecule has 1 rings (SSSR count). The van der Waals surface area contributed by atoms with Gasteiger partial charge in [-0.25, -0.2) is 0 Å². The van der Waals surface area contributed by atoms with E-state index in [1.807, 2.05) is 0 Å². The molecule has 0 radical (unpaired) electrons. The van der Waals surface area contributed by atoms with Gasteiger partial charge in [0.2, 0.25) is 0 Å². The van der Waals surface area contributed by atoms with Crippen LogP contribution in [0.15, 0.2) is 0 Å². The van der Waals surface area contributed by atoms with E-state index in [9.17, 15) is 14.4 Å². The van der Waals surface area contributed by atoms with E-state index < -0.39 is 48.4 Å². The Labute approximate surface area is 122 Å². The van der Waals surface area contributed by atoms with Crippen LogP contribution in [-0.2, 0) is 33.3 Å². The van der Waals surface area contributed by atoms with Gasteiger partial charge in [0.15, 0.2) is 12.2 Å². The van der Waals surface area contributed by atoms with Crippen molar-refractivity contribution in [2.75, 3.05) is 6.61 Å². The standard InChI is InChI=1S/C13H21NO7/c1-6-11(14)13(21-9(4)17)12(20-8(3)16)10(19-6)5-18-7(2)15/h6,10-13H,5,14H2,1-4H3/t6-,10?,11?,12+,13+/m0/s1. The van der Waals surface area contributed by atoms with Crippen molar-refractivity contribution in [2.24, 2.45) is 5.73 Å². The minimum atomic E-state index is -0.933. The van der Waals surface area contributed by atoms with Crippen LogP contribution in [0.25, 0.3) is 0 Å². The smallest absolute Gasteiger partial charge is 0.303 e. The molecular weight excluding hydrogens is 282 g/mol. The van der Waals surface area contributed by atoms with Gasteiger partial charge in [-0.15, -0.1) is 0 Å². The van der Waals surface area contributed by atoms with Gasteiger partial charge in [-0.2, -0.15) is 0 Å². The van der Waals surface area contributed by atoms with Crippen molar-refractivity contribution in [2.45, 2.75) is 58.2 Å². The van der Waals surface area contributed by atoms with Crippen molar-refractivity contribution < 1.29 is 33.3 Å². The van der Waals surface area contributed by atoms with Crippen molar-refractivity contribution in [3.8, 4) is 0 Å². The minimum Gasteiger partial charge on any atom is -0.463 e. The summed E-state index contributed by atoms with van der Waals surface area (Å²) in [4.78, 5) is 33.4. The fourth-order valence-corrected chi connectivity index (χ4v) is 2.15. The lowest BCUT2D eigenvalue weighted by Gasteiger charge is -2.42. The summed E-state index contributed by atoms with van der Waals surface area (Å²) in [5.41, 5.74) is 5.95. The molecule has 0 aliphatic carbocycles. The molecule has 0 bridgehead atoms. The van der Waals surface area contributed by atoms with Crippen LogP contribution >= 0.6 is 0 Å². The molecule has 1 heterocycles. The molecule has 8 nitrogen and oxygen atoms in total.